The van der Waals surface area contributed by atoms with Gasteiger partial charge in [0.1, 0.15) is 11.0 Å². The van der Waals surface area contributed by atoms with Crippen molar-refractivity contribution in [2.45, 2.75) is 57.0 Å². The van der Waals surface area contributed by atoms with E-state index in [1.165, 1.54) is 17.8 Å². The van der Waals surface area contributed by atoms with Crippen molar-refractivity contribution in [3.8, 4) is 10.6 Å². The van der Waals surface area contributed by atoms with Gasteiger partial charge in [0.2, 0.25) is 11.0 Å². The number of aromatic nitrogens is 2. The second-order valence-corrected chi connectivity index (χ2v) is 8.96. The molecule has 1 unspecified atom stereocenters. The highest BCUT2D eigenvalue weighted by Crippen LogP contribution is 2.28. The molecule has 2 aromatic rings. The number of likely N-dealkylation sites (tertiary alicyclic amines) is 1. The Bertz CT molecular complexity index is 866. The third-order valence-electron chi connectivity index (χ3n) is 5.50. The van der Waals surface area contributed by atoms with Gasteiger partial charge in [0.25, 0.3) is 0 Å². The maximum Gasteiger partial charge on any atom is 0.318 e. The summed E-state index contributed by atoms with van der Waals surface area (Å²) in [5.41, 5.74) is 0.891. The number of carbonyl (C=O) groups excluding carboxylic acids is 2. The molecule has 1 saturated heterocycles. The average Bonchev–Trinajstić information content (AvgIpc) is 3.39. The summed E-state index contributed by atoms with van der Waals surface area (Å²) in [5, 5.41) is 15.9. The van der Waals surface area contributed by atoms with Gasteiger partial charge in [-0.05, 0) is 37.8 Å². The fraction of sp³-hybridized carbons (Fsp3) is 0.500. The average molecular weight is 434 g/mol. The predicted molar refractivity (Wildman–Crippen MR) is 114 cm³/mol. The molecule has 2 aliphatic rings. The number of hydrogen-bond acceptors (Lipinski definition) is 5. The summed E-state index contributed by atoms with van der Waals surface area (Å²) < 4.78 is 0. The van der Waals surface area contributed by atoms with E-state index in [-0.39, 0.29) is 18.0 Å². The molecular formula is C20H24ClN5O2S. The lowest BCUT2D eigenvalue weighted by Gasteiger charge is -2.28. The molecule has 1 aromatic heterocycles. The van der Waals surface area contributed by atoms with E-state index < -0.39 is 6.04 Å². The third kappa shape index (κ3) is 4.87. The lowest BCUT2D eigenvalue weighted by molar-refractivity contribution is -0.119. The highest BCUT2D eigenvalue weighted by Gasteiger charge is 2.35. The number of benzene rings is 1. The largest absolute Gasteiger partial charge is 0.335 e. The van der Waals surface area contributed by atoms with Gasteiger partial charge in [-0.15, -0.1) is 10.2 Å². The van der Waals surface area contributed by atoms with E-state index in [1.54, 1.807) is 17.0 Å². The maximum absolute atomic E-state index is 12.8. The van der Waals surface area contributed by atoms with Crippen LogP contribution in [0.2, 0.25) is 5.02 Å². The number of hydrogen-bond donors (Lipinski definition) is 2. The number of halogens is 1. The molecular weight excluding hydrogens is 410 g/mol. The van der Waals surface area contributed by atoms with E-state index in [0.717, 1.165) is 37.7 Å². The van der Waals surface area contributed by atoms with Gasteiger partial charge in [-0.1, -0.05) is 54.3 Å². The molecule has 2 N–H and O–H groups in total. The van der Waals surface area contributed by atoms with Crippen molar-refractivity contribution in [2.75, 3.05) is 11.9 Å². The minimum absolute atomic E-state index is 0.131. The van der Waals surface area contributed by atoms with E-state index >= 15 is 0 Å². The van der Waals surface area contributed by atoms with Crippen LogP contribution in [0.4, 0.5) is 9.93 Å². The fourth-order valence-electron chi connectivity index (χ4n) is 3.96. The summed E-state index contributed by atoms with van der Waals surface area (Å²) in [5.74, 6) is -0.208. The summed E-state index contributed by atoms with van der Waals surface area (Å²) in [6.45, 7) is 0.600. The van der Waals surface area contributed by atoms with Gasteiger partial charge in [-0.2, -0.15) is 0 Å². The predicted octanol–water partition coefficient (Wildman–Crippen LogP) is 4.30. The first-order valence-electron chi connectivity index (χ1n) is 10.1. The number of urea groups is 1. The lowest BCUT2D eigenvalue weighted by Crippen LogP contribution is -2.50. The number of nitrogens with zero attached hydrogens (tertiary/aromatic N) is 3. The first kappa shape index (κ1) is 20.1. The van der Waals surface area contributed by atoms with Crippen LogP contribution >= 0.6 is 22.9 Å². The van der Waals surface area contributed by atoms with Gasteiger partial charge < -0.3 is 10.2 Å². The molecule has 2 heterocycles. The van der Waals surface area contributed by atoms with Crippen LogP contribution in [0.15, 0.2) is 24.3 Å². The number of carbonyl (C=O) groups is 2. The highest BCUT2D eigenvalue weighted by molar-refractivity contribution is 7.18. The molecule has 9 heteroatoms. The van der Waals surface area contributed by atoms with Gasteiger partial charge in [0.15, 0.2) is 0 Å². The summed E-state index contributed by atoms with van der Waals surface area (Å²) in [6.07, 6.45) is 7.07. The Morgan fingerprint density at radius 2 is 1.79 bits per heavy atom. The first-order valence-corrected chi connectivity index (χ1v) is 11.3. The molecule has 1 aromatic carbocycles. The zero-order chi connectivity index (χ0) is 20.2. The smallest absolute Gasteiger partial charge is 0.318 e. The monoisotopic (exact) mass is 433 g/mol. The van der Waals surface area contributed by atoms with Crippen LogP contribution in [0.1, 0.15) is 44.9 Å². The Morgan fingerprint density at radius 3 is 2.55 bits per heavy atom. The second kappa shape index (κ2) is 9.09. The molecule has 1 saturated carbocycles. The quantitative estimate of drug-likeness (QED) is 0.752. The number of nitrogens with one attached hydrogen (secondary N) is 2. The fourth-order valence-corrected chi connectivity index (χ4v) is 4.84. The topological polar surface area (TPSA) is 87.2 Å². The second-order valence-electron chi connectivity index (χ2n) is 7.54. The van der Waals surface area contributed by atoms with Crippen molar-refractivity contribution < 1.29 is 9.59 Å². The SMILES string of the molecule is O=C(Nc1nnc(-c2ccc(Cl)cc2)s1)C1CCCN1C(=O)NC1CCCCC1. The first-order chi connectivity index (χ1) is 14.1. The summed E-state index contributed by atoms with van der Waals surface area (Å²) in [7, 11) is 0. The standard InChI is InChI=1S/C20H24ClN5O2S/c21-14-10-8-13(9-11-14)18-24-25-19(29-18)23-17(27)16-7-4-12-26(16)20(28)22-15-5-2-1-3-6-15/h8-11,15-16H,1-7,12H2,(H,22,28)(H,23,25,27). The van der Waals surface area contributed by atoms with Crippen LogP contribution in [-0.4, -0.2) is 45.7 Å². The summed E-state index contributed by atoms with van der Waals surface area (Å²) in [6, 6.07) is 6.93. The normalized spacial score (nSPS) is 19.9. The molecule has 1 aliphatic heterocycles. The van der Waals surface area contributed by atoms with Gasteiger partial charge >= 0.3 is 6.03 Å². The van der Waals surface area contributed by atoms with Gasteiger partial charge in [-0.3, -0.25) is 10.1 Å². The molecule has 1 aliphatic carbocycles. The zero-order valence-corrected chi connectivity index (χ0v) is 17.6. The molecule has 29 heavy (non-hydrogen) atoms. The minimum atomic E-state index is -0.471. The van der Waals surface area contributed by atoms with Crippen LogP contribution in [0.25, 0.3) is 10.6 Å². The summed E-state index contributed by atoms with van der Waals surface area (Å²) >= 11 is 7.22. The van der Waals surface area contributed by atoms with Crippen LogP contribution in [0.3, 0.4) is 0 Å². The van der Waals surface area contributed by atoms with Crippen molar-refractivity contribution in [3.05, 3.63) is 29.3 Å². The highest BCUT2D eigenvalue weighted by atomic mass is 35.5. The minimum Gasteiger partial charge on any atom is -0.335 e. The molecule has 3 amide bonds. The summed E-state index contributed by atoms with van der Waals surface area (Å²) in [4.78, 5) is 27.2. The van der Waals surface area contributed by atoms with E-state index in [4.69, 9.17) is 11.6 Å². The number of anilines is 1. The van der Waals surface area contributed by atoms with E-state index in [2.05, 4.69) is 20.8 Å². The van der Waals surface area contributed by atoms with Crippen molar-refractivity contribution in [3.63, 3.8) is 0 Å². The van der Waals surface area contributed by atoms with Crippen LogP contribution in [0, 0.1) is 0 Å². The third-order valence-corrected chi connectivity index (χ3v) is 6.64. The van der Waals surface area contributed by atoms with Crippen molar-refractivity contribution in [1.29, 1.82) is 0 Å². The van der Waals surface area contributed by atoms with Crippen molar-refractivity contribution in [2.24, 2.45) is 0 Å². The molecule has 154 valence electrons. The maximum atomic E-state index is 12.8. The van der Waals surface area contributed by atoms with Gasteiger partial charge in [0, 0.05) is 23.2 Å². The zero-order valence-electron chi connectivity index (χ0n) is 16.1. The van der Waals surface area contributed by atoms with Crippen molar-refractivity contribution >= 4 is 40.0 Å². The van der Waals surface area contributed by atoms with E-state index in [1.807, 2.05) is 12.1 Å². The molecule has 0 bridgehead atoms. The molecule has 4 rings (SSSR count). The molecule has 0 radical (unpaired) electrons. The molecule has 0 spiro atoms. The molecule has 2 fully saturated rings. The van der Waals surface area contributed by atoms with Crippen LogP contribution in [-0.2, 0) is 4.79 Å². The Morgan fingerprint density at radius 1 is 1.03 bits per heavy atom. The van der Waals surface area contributed by atoms with Crippen LogP contribution < -0.4 is 10.6 Å². The Labute approximate surface area is 178 Å². The number of rotatable bonds is 4. The Kier molecular flexibility index (Phi) is 6.30. The lowest BCUT2D eigenvalue weighted by atomic mass is 9.96. The van der Waals surface area contributed by atoms with E-state index in [9.17, 15) is 9.59 Å². The molecule has 7 nitrogen and oxygen atoms in total. The van der Waals surface area contributed by atoms with Gasteiger partial charge in [0.05, 0.1) is 0 Å². The van der Waals surface area contributed by atoms with Crippen LogP contribution in [0.5, 0.6) is 0 Å². The van der Waals surface area contributed by atoms with Gasteiger partial charge in [-0.25, -0.2) is 4.79 Å². The van der Waals surface area contributed by atoms with E-state index in [0.29, 0.717) is 28.1 Å². The Hall–Kier alpha value is -2.19. The number of amides is 3. The Balaban J connectivity index is 1.37. The molecule has 1 atom stereocenters. The van der Waals surface area contributed by atoms with Crippen molar-refractivity contribution in [1.82, 2.24) is 20.4 Å².